The molecule has 5 rings (SSSR count). The van der Waals surface area contributed by atoms with E-state index < -0.39 is 10.8 Å². The van der Waals surface area contributed by atoms with Crippen LogP contribution in [0.2, 0.25) is 0 Å². The van der Waals surface area contributed by atoms with E-state index in [-0.39, 0.29) is 24.0 Å². The van der Waals surface area contributed by atoms with E-state index >= 15 is 0 Å². The monoisotopic (exact) mass is 362 g/mol. The molecule has 0 spiro atoms. The van der Waals surface area contributed by atoms with E-state index in [1.165, 1.54) is 10.5 Å². The van der Waals surface area contributed by atoms with E-state index in [2.05, 4.69) is 4.98 Å². The first-order chi connectivity index (χ1) is 13.0. The molecule has 0 aliphatic carbocycles. The van der Waals surface area contributed by atoms with E-state index in [1.807, 2.05) is 50.2 Å². The van der Waals surface area contributed by atoms with Crippen LogP contribution in [-0.4, -0.2) is 29.0 Å². The highest BCUT2D eigenvalue weighted by Crippen LogP contribution is 2.64. The van der Waals surface area contributed by atoms with Crippen LogP contribution in [0.1, 0.15) is 37.8 Å². The summed E-state index contributed by atoms with van der Waals surface area (Å²) in [4.78, 5) is 32.0. The molecule has 4 heterocycles. The van der Waals surface area contributed by atoms with Crippen molar-refractivity contribution in [2.24, 2.45) is 10.8 Å². The van der Waals surface area contributed by atoms with Gasteiger partial charge in [-0.05, 0) is 68.5 Å². The highest BCUT2D eigenvalue weighted by molar-refractivity contribution is 6.26. The van der Waals surface area contributed by atoms with E-state index in [0.717, 1.165) is 24.8 Å². The number of hydrogen-bond acceptors (Lipinski definition) is 4. The molecule has 0 N–H and O–H groups in total. The van der Waals surface area contributed by atoms with Crippen molar-refractivity contribution >= 4 is 17.5 Å². The normalized spacial score (nSPS) is 34.4. The molecule has 1 aromatic heterocycles. The van der Waals surface area contributed by atoms with Crippen molar-refractivity contribution in [1.29, 1.82) is 0 Å². The summed E-state index contributed by atoms with van der Waals surface area (Å²) in [5.41, 5.74) is 1.44. The van der Waals surface area contributed by atoms with E-state index in [1.54, 1.807) is 12.4 Å². The zero-order valence-corrected chi connectivity index (χ0v) is 15.5. The predicted molar refractivity (Wildman–Crippen MR) is 100 cm³/mol. The highest BCUT2D eigenvalue weighted by atomic mass is 16.5. The fraction of sp³-hybridized carbons (Fsp3) is 0.409. The molecule has 5 heteroatoms. The number of nitrogens with zero attached hydrogens (tertiary/aromatic N) is 2. The molecular weight excluding hydrogens is 340 g/mol. The van der Waals surface area contributed by atoms with E-state index in [9.17, 15) is 9.59 Å². The van der Waals surface area contributed by atoms with Crippen LogP contribution in [0.3, 0.4) is 0 Å². The lowest BCUT2D eigenvalue weighted by molar-refractivity contribution is -0.132. The van der Waals surface area contributed by atoms with E-state index in [0.29, 0.717) is 5.69 Å². The Labute approximate surface area is 158 Å². The first kappa shape index (κ1) is 16.6. The van der Waals surface area contributed by atoms with Crippen LogP contribution in [0.5, 0.6) is 0 Å². The van der Waals surface area contributed by atoms with Crippen LogP contribution in [0.25, 0.3) is 0 Å². The molecule has 0 radical (unpaired) electrons. The molecule has 3 aliphatic heterocycles. The van der Waals surface area contributed by atoms with Gasteiger partial charge in [0.2, 0.25) is 11.8 Å². The van der Waals surface area contributed by atoms with Crippen molar-refractivity contribution < 1.29 is 14.3 Å². The number of anilines is 1. The molecule has 1 aromatic carbocycles. The average molecular weight is 362 g/mol. The van der Waals surface area contributed by atoms with Crippen molar-refractivity contribution in [1.82, 2.24) is 4.98 Å². The Bertz CT molecular complexity index is 892. The minimum atomic E-state index is -0.761. The number of aromatic nitrogens is 1. The first-order valence-electron chi connectivity index (χ1n) is 9.48. The number of pyridine rings is 1. The van der Waals surface area contributed by atoms with Crippen LogP contribution in [0.4, 0.5) is 5.69 Å². The Hall–Kier alpha value is -2.53. The fourth-order valence-electron chi connectivity index (χ4n) is 5.17. The molecule has 2 aromatic rings. The molecule has 0 unspecified atom stereocenters. The summed E-state index contributed by atoms with van der Waals surface area (Å²) in [5, 5.41) is 0. The van der Waals surface area contributed by atoms with Gasteiger partial charge in [0.05, 0.1) is 28.7 Å². The van der Waals surface area contributed by atoms with Gasteiger partial charge in [0, 0.05) is 12.4 Å². The molecule has 3 saturated heterocycles. The van der Waals surface area contributed by atoms with Gasteiger partial charge in [-0.3, -0.25) is 14.6 Å². The maximum Gasteiger partial charge on any atom is 0.243 e. The molecule has 3 aliphatic rings. The van der Waals surface area contributed by atoms with Crippen molar-refractivity contribution in [2.45, 2.75) is 45.3 Å². The number of carbonyl (C=O) groups is 2. The molecule has 0 saturated carbocycles. The predicted octanol–water partition coefficient (Wildman–Crippen LogP) is 3.12. The molecule has 2 amide bonds. The smallest absolute Gasteiger partial charge is 0.243 e. The minimum Gasteiger partial charge on any atom is -0.373 e. The molecule has 138 valence electrons. The number of benzene rings is 1. The quantitative estimate of drug-likeness (QED) is 0.787. The molecular formula is C22H22N2O3. The zero-order valence-electron chi connectivity index (χ0n) is 15.5. The molecule has 27 heavy (non-hydrogen) atoms. The van der Waals surface area contributed by atoms with E-state index in [4.69, 9.17) is 4.74 Å². The second-order valence-corrected chi connectivity index (χ2v) is 8.24. The minimum absolute atomic E-state index is 0.121. The standard InChI is InChI=1S/C22H22N2O3/c1-21-17-7-8-18(27-17)22(21,2)20(26)24(19(21)25)16-5-3-14(4-6-16)13-15-9-11-23-12-10-15/h3-6,9-12,17-18H,7-8,13H2,1-2H3/t17-,18+,21+,22-. The lowest BCUT2D eigenvalue weighted by Crippen LogP contribution is -2.48. The number of ether oxygens (including phenoxy) is 1. The van der Waals surface area contributed by atoms with Crippen LogP contribution in [0, 0.1) is 10.8 Å². The maximum atomic E-state index is 13.3. The molecule has 2 bridgehead atoms. The maximum absolute atomic E-state index is 13.3. The summed E-state index contributed by atoms with van der Waals surface area (Å²) >= 11 is 0. The van der Waals surface area contributed by atoms with Crippen molar-refractivity contribution in [2.75, 3.05) is 4.90 Å². The first-order valence-corrected chi connectivity index (χ1v) is 9.48. The van der Waals surface area contributed by atoms with Gasteiger partial charge < -0.3 is 4.74 Å². The Kier molecular flexibility index (Phi) is 3.38. The fourth-order valence-corrected chi connectivity index (χ4v) is 5.17. The lowest BCUT2D eigenvalue weighted by atomic mass is 9.59. The SMILES string of the molecule is C[C@@]12C(=O)N(c3ccc(Cc4ccncc4)cc3)C(=O)[C@]1(C)[C@H]1CC[C@@H]2O1. The average Bonchev–Trinajstić information content (AvgIpc) is 3.30. The third-order valence-corrected chi connectivity index (χ3v) is 7.03. The zero-order chi connectivity index (χ0) is 18.8. The number of amides is 2. The summed E-state index contributed by atoms with van der Waals surface area (Å²) in [7, 11) is 0. The summed E-state index contributed by atoms with van der Waals surface area (Å²) in [6.07, 6.45) is 5.75. The van der Waals surface area contributed by atoms with Gasteiger partial charge >= 0.3 is 0 Å². The van der Waals surface area contributed by atoms with Crippen molar-refractivity contribution in [3.8, 4) is 0 Å². The third-order valence-electron chi connectivity index (χ3n) is 7.03. The van der Waals surface area contributed by atoms with Crippen LogP contribution < -0.4 is 4.90 Å². The van der Waals surface area contributed by atoms with Crippen molar-refractivity contribution in [3.63, 3.8) is 0 Å². The van der Waals surface area contributed by atoms with Crippen molar-refractivity contribution in [3.05, 3.63) is 59.9 Å². The number of fused-ring (bicyclic) bond motifs is 5. The Morgan fingerprint density at radius 2 is 1.44 bits per heavy atom. The van der Waals surface area contributed by atoms with Crippen LogP contribution in [-0.2, 0) is 20.7 Å². The topological polar surface area (TPSA) is 59.5 Å². The molecule has 5 nitrogen and oxygen atoms in total. The van der Waals surface area contributed by atoms with Gasteiger partial charge in [-0.25, -0.2) is 4.90 Å². The van der Waals surface area contributed by atoms with Gasteiger partial charge in [0.25, 0.3) is 0 Å². The second-order valence-electron chi connectivity index (χ2n) is 8.24. The lowest BCUT2D eigenvalue weighted by Gasteiger charge is -2.36. The van der Waals surface area contributed by atoms with Gasteiger partial charge in [-0.2, -0.15) is 0 Å². The Balaban J connectivity index is 1.45. The van der Waals surface area contributed by atoms with Gasteiger partial charge in [0.1, 0.15) is 0 Å². The summed E-state index contributed by atoms with van der Waals surface area (Å²) < 4.78 is 5.98. The largest absolute Gasteiger partial charge is 0.373 e. The molecule has 3 fully saturated rings. The number of rotatable bonds is 3. The van der Waals surface area contributed by atoms with Gasteiger partial charge in [-0.1, -0.05) is 12.1 Å². The summed E-state index contributed by atoms with van der Waals surface area (Å²) in [6, 6.07) is 11.7. The second kappa shape index (κ2) is 5.49. The van der Waals surface area contributed by atoms with Crippen LogP contribution in [0.15, 0.2) is 48.8 Å². The van der Waals surface area contributed by atoms with Gasteiger partial charge in [0.15, 0.2) is 0 Å². The number of carbonyl (C=O) groups excluding carboxylic acids is 2. The van der Waals surface area contributed by atoms with Gasteiger partial charge in [-0.15, -0.1) is 0 Å². The number of imide groups is 1. The molecule has 4 atom stereocenters. The third kappa shape index (κ3) is 2.00. The number of hydrogen-bond donors (Lipinski definition) is 0. The highest BCUT2D eigenvalue weighted by Gasteiger charge is 2.77. The Morgan fingerprint density at radius 1 is 0.926 bits per heavy atom. The van der Waals surface area contributed by atoms with Crippen LogP contribution >= 0.6 is 0 Å². The summed E-state index contributed by atoms with van der Waals surface area (Å²) in [6.45, 7) is 3.82. The Morgan fingerprint density at radius 3 is 2.00 bits per heavy atom. The summed E-state index contributed by atoms with van der Waals surface area (Å²) in [5.74, 6) is -0.242.